The lowest BCUT2D eigenvalue weighted by atomic mass is 9.99. The Kier molecular flexibility index (Phi) is 11.0. The topological polar surface area (TPSA) is 36.9 Å². The number of nitrogens with one attached hydrogen (secondary N) is 1. The molecule has 0 amide bonds. The van der Waals surface area contributed by atoms with Crippen LogP contribution in [0, 0.1) is 6.92 Å². The highest BCUT2D eigenvalue weighted by molar-refractivity contribution is 14.0. The molecule has 1 aromatic rings. The Hall–Kier alpha value is -0.470. The van der Waals surface area contributed by atoms with Crippen LogP contribution in [0.25, 0.3) is 0 Å². The fourth-order valence-electron chi connectivity index (χ4n) is 3.20. The van der Waals surface area contributed by atoms with Crippen LogP contribution in [-0.2, 0) is 11.3 Å². The van der Waals surface area contributed by atoms with Gasteiger partial charge in [0, 0.05) is 38.1 Å². The average molecular weight is 491 g/mol. The van der Waals surface area contributed by atoms with Crippen LogP contribution in [0.5, 0.6) is 0 Å². The van der Waals surface area contributed by atoms with Crippen molar-refractivity contribution in [3.05, 3.63) is 35.4 Å². The van der Waals surface area contributed by atoms with E-state index in [2.05, 4.69) is 62.3 Å². The van der Waals surface area contributed by atoms with Gasteiger partial charge in [-0.15, -0.1) is 24.0 Å². The zero-order valence-electron chi connectivity index (χ0n) is 16.6. The van der Waals surface area contributed by atoms with Crippen LogP contribution in [0.15, 0.2) is 29.3 Å². The highest BCUT2D eigenvalue weighted by atomic mass is 127. The zero-order valence-corrected chi connectivity index (χ0v) is 19.7. The number of aryl methyl sites for hydroxylation is 1. The quantitative estimate of drug-likeness (QED) is 0.351. The lowest BCUT2D eigenvalue weighted by Gasteiger charge is -2.35. The van der Waals surface area contributed by atoms with E-state index in [1.54, 1.807) is 0 Å². The van der Waals surface area contributed by atoms with Crippen molar-refractivity contribution < 1.29 is 4.74 Å². The largest absolute Gasteiger partial charge is 0.381 e. The predicted molar refractivity (Wildman–Crippen MR) is 125 cm³/mol. The maximum Gasteiger partial charge on any atom is 0.194 e. The number of ether oxygens (including phenoxy) is 1. The van der Waals surface area contributed by atoms with Gasteiger partial charge in [-0.1, -0.05) is 31.2 Å². The third-order valence-corrected chi connectivity index (χ3v) is 6.18. The van der Waals surface area contributed by atoms with Gasteiger partial charge >= 0.3 is 0 Å². The van der Waals surface area contributed by atoms with E-state index < -0.39 is 0 Å². The van der Waals surface area contributed by atoms with Crippen LogP contribution in [0.1, 0.15) is 37.8 Å². The van der Waals surface area contributed by atoms with Crippen LogP contribution in [0.3, 0.4) is 0 Å². The molecule has 0 aromatic heterocycles. The SMILES string of the molecule is CCNC(=NCC1(SCC)CCOCC1)N(C)Cc1ccccc1C.I. The number of rotatable bonds is 7. The third kappa shape index (κ3) is 6.93. The minimum absolute atomic E-state index is 0. The van der Waals surface area contributed by atoms with E-state index in [0.29, 0.717) is 0 Å². The fraction of sp³-hybridized carbons (Fsp3) is 0.650. The van der Waals surface area contributed by atoms with Crippen molar-refractivity contribution in [2.75, 3.05) is 39.1 Å². The van der Waals surface area contributed by atoms with Gasteiger partial charge in [0.1, 0.15) is 0 Å². The molecule has 1 aliphatic heterocycles. The molecule has 0 unspecified atom stereocenters. The van der Waals surface area contributed by atoms with E-state index in [0.717, 1.165) is 57.4 Å². The van der Waals surface area contributed by atoms with Crippen molar-refractivity contribution in [1.29, 1.82) is 0 Å². The van der Waals surface area contributed by atoms with Gasteiger partial charge in [0.25, 0.3) is 0 Å². The zero-order chi connectivity index (χ0) is 18.1. The van der Waals surface area contributed by atoms with Gasteiger partial charge in [0.2, 0.25) is 0 Å². The molecule has 148 valence electrons. The highest BCUT2D eigenvalue weighted by Crippen LogP contribution is 2.35. The Labute approximate surface area is 180 Å². The van der Waals surface area contributed by atoms with E-state index in [1.807, 2.05) is 11.8 Å². The van der Waals surface area contributed by atoms with Gasteiger partial charge in [0.05, 0.1) is 6.54 Å². The fourth-order valence-corrected chi connectivity index (χ4v) is 4.43. The first-order valence-electron chi connectivity index (χ1n) is 9.36. The molecule has 1 saturated heterocycles. The van der Waals surface area contributed by atoms with Gasteiger partial charge in [-0.25, -0.2) is 0 Å². The molecule has 1 heterocycles. The van der Waals surface area contributed by atoms with Crippen LogP contribution in [0.4, 0.5) is 0 Å². The summed E-state index contributed by atoms with van der Waals surface area (Å²) in [6, 6.07) is 8.56. The average Bonchev–Trinajstić information content (AvgIpc) is 2.61. The third-order valence-electron chi connectivity index (χ3n) is 4.74. The molecular weight excluding hydrogens is 457 g/mol. The second-order valence-corrected chi connectivity index (χ2v) is 8.41. The van der Waals surface area contributed by atoms with Gasteiger partial charge in [0.15, 0.2) is 5.96 Å². The Morgan fingerprint density at radius 1 is 1.27 bits per heavy atom. The lowest BCUT2D eigenvalue weighted by molar-refractivity contribution is 0.0793. The van der Waals surface area contributed by atoms with Crippen molar-refractivity contribution in [1.82, 2.24) is 10.2 Å². The molecule has 1 fully saturated rings. The number of halogens is 1. The highest BCUT2D eigenvalue weighted by Gasteiger charge is 2.32. The number of thioether (sulfide) groups is 1. The first kappa shape index (κ1) is 23.6. The Balaban J connectivity index is 0.00000338. The Morgan fingerprint density at radius 2 is 1.96 bits per heavy atom. The summed E-state index contributed by atoms with van der Waals surface area (Å²) < 4.78 is 5.81. The van der Waals surface area contributed by atoms with E-state index >= 15 is 0 Å². The van der Waals surface area contributed by atoms with E-state index in [4.69, 9.17) is 9.73 Å². The molecule has 0 atom stereocenters. The van der Waals surface area contributed by atoms with Crippen molar-refractivity contribution in [2.24, 2.45) is 4.99 Å². The molecule has 1 aromatic carbocycles. The molecule has 0 bridgehead atoms. The molecule has 0 radical (unpaired) electrons. The monoisotopic (exact) mass is 491 g/mol. The van der Waals surface area contributed by atoms with Crippen molar-refractivity contribution in [2.45, 2.75) is 44.9 Å². The maximum atomic E-state index is 5.58. The molecule has 26 heavy (non-hydrogen) atoms. The lowest BCUT2D eigenvalue weighted by Crippen LogP contribution is -2.41. The second-order valence-electron chi connectivity index (χ2n) is 6.68. The van der Waals surface area contributed by atoms with Gasteiger partial charge in [-0.05, 0) is 43.6 Å². The summed E-state index contributed by atoms with van der Waals surface area (Å²) in [6.45, 7) is 10.9. The summed E-state index contributed by atoms with van der Waals surface area (Å²) in [6.07, 6.45) is 2.19. The molecule has 2 rings (SSSR count). The second kappa shape index (κ2) is 12.1. The number of nitrogens with zero attached hydrogens (tertiary/aromatic N) is 2. The summed E-state index contributed by atoms with van der Waals surface area (Å²) in [5.74, 6) is 2.12. The maximum absolute atomic E-state index is 5.58. The number of aliphatic imine (C=N–C) groups is 1. The molecule has 1 N–H and O–H groups in total. The molecule has 0 aliphatic carbocycles. The molecule has 0 spiro atoms. The first-order chi connectivity index (χ1) is 12.1. The molecule has 1 aliphatic rings. The first-order valence-corrected chi connectivity index (χ1v) is 10.3. The minimum atomic E-state index is 0. The van der Waals surface area contributed by atoms with Crippen molar-refractivity contribution >= 4 is 41.7 Å². The summed E-state index contributed by atoms with van der Waals surface area (Å²) in [7, 11) is 2.12. The van der Waals surface area contributed by atoms with Gasteiger partial charge in [-0.3, -0.25) is 4.99 Å². The van der Waals surface area contributed by atoms with E-state index in [-0.39, 0.29) is 28.7 Å². The molecule has 0 saturated carbocycles. The summed E-state index contributed by atoms with van der Waals surface area (Å²) in [5, 5.41) is 3.46. The van der Waals surface area contributed by atoms with Crippen LogP contribution < -0.4 is 5.32 Å². The summed E-state index contributed by atoms with van der Waals surface area (Å²) >= 11 is 2.04. The van der Waals surface area contributed by atoms with Crippen LogP contribution in [-0.4, -0.2) is 54.7 Å². The van der Waals surface area contributed by atoms with Crippen LogP contribution in [0.2, 0.25) is 0 Å². The smallest absolute Gasteiger partial charge is 0.194 e. The number of hydrogen-bond donors (Lipinski definition) is 1. The molecular formula is C20H34IN3OS. The standard InChI is InChI=1S/C20H33N3OS.HI/c1-5-21-19(23(4)15-18-10-8-7-9-17(18)3)22-16-20(25-6-2)11-13-24-14-12-20;/h7-10H,5-6,11-16H2,1-4H3,(H,21,22);1H. The molecule has 4 nitrogen and oxygen atoms in total. The summed E-state index contributed by atoms with van der Waals surface area (Å²) in [4.78, 5) is 7.24. The van der Waals surface area contributed by atoms with Crippen LogP contribution >= 0.6 is 35.7 Å². The van der Waals surface area contributed by atoms with Crippen molar-refractivity contribution in [3.63, 3.8) is 0 Å². The van der Waals surface area contributed by atoms with E-state index in [1.165, 1.54) is 11.1 Å². The Morgan fingerprint density at radius 3 is 2.58 bits per heavy atom. The predicted octanol–water partition coefficient (Wildman–Crippen LogP) is 4.31. The van der Waals surface area contributed by atoms with Crippen molar-refractivity contribution in [3.8, 4) is 0 Å². The van der Waals surface area contributed by atoms with Gasteiger partial charge < -0.3 is 15.0 Å². The number of hydrogen-bond acceptors (Lipinski definition) is 3. The summed E-state index contributed by atoms with van der Waals surface area (Å²) in [5.41, 5.74) is 2.67. The Bertz CT molecular complexity index is 556. The normalized spacial score (nSPS) is 16.7. The number of benzene rings is 1. The minimum Gasteiger partial charge on any atom is -0.381 e. The van der Waals surface area contributed by atoms with E-state index in [9.17, 15) is 0 Å². The number of guanidine groups is 1. The molecule has 6 heteroatoms. The van der Waals surface area contributed by atoms with Gasteiger partial charge in [-0.2, -0.15) is 11.8 Å².